The van der Waals surface area contributed by atoms with Crippen LogP contribution in [0.4, 0.5) is 0 Å². The van der Waals surface area contributed by atoms with E-state index in [2.05, 4.69) is 23.2 Å². The van der Waals surface area contributed by atoms with Crippen LogP contribution < -0.4 is 10.1 Å². The number of methoxy groups -OCH3 is 1. The lowest BCUT2D eigenvalue weighted by Crippen LogP contribution is -2.49. The van der Waals surface area contributed by atoms with Crippen LogP contribution in [0.2, 0.25) is 0 Å². The number of aromatic nitrogens is 1. The minimum atomic E-state index is 0.579. The molecule has 4 nitrogen and oxygen atoms in total. The number of nitrogens with one attached hydrogen (secondary N) is 1. The van der Waals surface area contributed by atoms with E-state index in [1.807, 2.05) is 12.1 Å². The second-order valence-corrected chi connectivity index (χ2v) is 6.08. The third-order valence-corrected chi connectivity index (χ3v) is 4.62. The molecular formula is C14H19N3OS. The van der Waals surface area contributed by atoms with Crippen molar-refractivity contribution in [3.8, 4) is 5.75 Å². The van der Waals surface area contributed by atoms with Crippen molar-refractivity contribution in [1.82, 2.24) is 15.2 Å². The molecule has 0 bridgehead atoms. The minimum absolute atomic E-state index is 0.579. The van der Waals surface area contributed by atoms with Gasteiger partial charge in [0.25, 0.3) is 0 Å². The van der Waals surface area contributed by atoms with Crippen molar-refractivity contribution in [2.24, 2.45) is 0 Å². The van der Waals surface area contributed by atoms with Crippen molar-refractivity contribution in [3.05, 3.63) is 23.2 Å². The zero-order valence-corrected chi connectivity index (χ0v) is 12.2. The first kappa shape index (κ1) is 12.8. The van der Waals surface area contributed by atoms with Crippen molar-refractivity contribution in [1.29, 1.82) is 0 Å². The van der Waals surface area contributed by atoms with E-state index in [0.717, 1.165) is 37.4 Å². The molecule has 1 N–H and O–H groups in total. The molecule has 0 amide bonds. The standard InChI is InChI=1S/C14H19N3OS/c1-10-8-15-5-6-17(10)9-14-16-12-4-3-11(18-2)7-13(12)19-14/h3-4,7,10,15H,5-6,8-9H2,1-2H3/t10-/m0/s1. The molecule has 1 aliphatic rings. The first-order valence-corrected chi connectivity index (χ1v) is 7.46. The van der Waals surface area contributed by atoms with Crippen LogP contribution in [0.3, 0.4) is 0 Å². The lowest BCUT2D eigenvalue weighted by molar-refractivity contribution is 0.165. The predicted molar refractivity (Wildman–Crippen MR) is 78.9 cm³/mol. The van der Waals surface area contributed by atoms with Gasteiger partial charge in [0.15, 0.2) is 0 Å². The van der Waals surface area contributed by atoms with Crippen LogP contribution in [-0.2, 0) is 6.54 Å². The molecule has 1 aliphatic heterocycles. The summed E-state index contributed by atoms with van der Waals surface area (Å²) in [5, 5.41) is 4.61. The van der Waals surface area contributed by atoms with E-state index in [1.54, 1.807) is 18.4 Å². The molecule has 1 fully saturated rings. The Hall–Kier alpha value is -1.17. The Bertz CT molecular complexity index is 569. The second kappa shape index (κ2) is 5.45. The summed E-state index contributed by atoms with van der Waals surface area (Å²) in [7, 11) is 1.70. The van der Waals surface area contributed by atoms with Gasteiger partial charge in [-0.1, -0.05) is 0 Å². The molecule has 5 heteroatoms. The molecule has 1 atom stereocenters. The van der Waals surface area contributed by atoms with Crippen LogP contribution in [0.15, 0.2) is 18.2 Å². The van der Waals surface area contributed by atoms with Crippen LogP contribution in [-0.4, -0.2) is 42.7 Å². The molecule has 0 spiro atoms. The SMILES string of the molecule is COc1ccc2nc(CN3CCNC[C@@H]3C)sc2c1. The average Bonchev–Trinajstić information content (AvgIpc) is 2.82. The molecule has 102 valence electrons. The fourth-order valence-corrected chi connectivity index (χ4v) is 3.46. The van der Waals surface area contributed by atoms with Gasteiger partial charge in [0.2, 0.25) is 0 Å². The first-order chi connectivity index (χ1) is 9.26. The Morgan fingerprint density at radius 2 is 2.42 bits per heavy atom. The summed E-state index contributed by atoms with van der Waals surface area (Å²) in [6, 6.07) is 6.65. The van der Waals surface area contributed by atoms with Gasteiger partial charge < -0.3 is 10.1 Å². The lowest BCUT2D eigenvalue weighted by atomic mass is 10.2. The van der Waals surface area contributed by atoms with E-state index in [-0.39, 0.29) is 0 Å². The van der Waals surface area contributed by atoms with Crippen molar-refractivity contribution < 1.29 is 4.74 Å². The van der Waals surface area contributed by atoms with Gasteiger partial charge in [0, 0.05) is 25.7 Å². The summed E-state index contributed by atoms with van der Waals surface area (Å²) >= 11 is 1.77. The maximum atomic E-state index is 5.26. The first-order valence-electron chi connectivity index (χ1n) is 6.64. The lowest BCUT2D eigenvalue weighted by Gasteiger charge is -2.33. The van der Waals surface area contributed by atoms with Gasteiger partial charge in [-0.25, -0.2) is 4.98 Å². The van der Waals surface area contributed by atoms with E-state index in [1.165, 1.54) is 9.71 Å². The molecule has 0 unspecified atom stereocenters. The van der Waals surface area contributed by atoms with Gasteiger partial charge in [-0.3, -0.25) is 4.90 Å². The quantitative estimate of drug-likeness (QED) is 0.932. The monoisotopic (exact) mass is 277 g/mol. The van der Waals surface area contributed by atoms with Crippen molar-refractivity contribution in [3.63, 3.8) is 0 Å². The third-order valence-electron chi connectivity index (χ3n) is 3.62. The van der Waals surface area contributed by atoms with Crippen molar-refractivity contribution in [2.75, 3.05) is 26.7 Å². The van der Waals surface area contributed by atoms with E-state index < -0.39 is 0 Å². The Labute approximate surface area is 117 Å². The highest BCUT2D eigenvalue weighted by atomic mass is 32.1. The molecule has 1 saturated heterocycles. The molecule has 1 aromatic carbocycles. The van der Waals surface area contributed by atoms with Crippen LogP contribution >= 0.6 is 11.3 Å². The number of piperazine rings is 1. The number of hydrogen-bond donors (Lipinski definition) is 1. The van der Waals surface area contributed by atoms with Crippen LogP contribution in [0.5, 0.6) is 5.75 Å². The van der Waals surface area contributed by atoms with Gasteiger partial charge in [-0.2, -0.15) is 0 Å². The van der Waals surface area contributed by atoms with Gasteiger partial charge in [0.1, 0.15) is 10.8 Å². The Kier molecular flexibility index (Phi) is 3.68. The van der Waals surface area contributed by atoms with Crippen molar-refractivity contribution >= 4 is 21.6 Å². The van der Waals surface area contributed by atoms with Crippen LogP contribution in [0.25, 0.3) is 10.2 Å². The van der Waals surface area contributed by atoms with Gasteiger partial charge in [0.05, 0.1) is 23.9 Å². The molecule has 0 aliphatic carbocycles. The highest BCUT2D eigenvalue weighted by Gasteiger charge is 2.19. The summed E-state index contributed by atoms with van der Waals surface area (Å²) < 4.78 is 6.46. The van der Waals surface area contributed by atoms with Gasteiger partial charge in [-0.05, 0) is 25.1 Å². The number of nitrogens with zero attached hydrogens (tertiary/aromatic N) is 2. The zero-order valence-electron chi connectivity index (χ0n) is 11.3. The maximum Gasteiger partial charge on any atom is 0.120 e. The van der Waals surface area contributed by atoms with Gasteiger partial charge in [-0.15, -0.1) is 11.3 Å². The summed E-state index contributed by atoms with van der Waals surface area (Å²) in [4.78, 5) is 7.21. The van der Waals surface area contributed by atoms with Gasteiger partial charge >= 0.3 is 0 Å². The van der Waals surface area contributed by atoms with E-state index in [0.29, 0.717) is 6.04 Å². The summed E-state index contributed by atoms with van der Waals surface area (Å²) in [5.41, 5.74) is 1.07. The molecule has 0 radical (unpaired) electrons. The number of thiazole rings is 1. The maximum absolute atomic E-state index is 5.26. The molecule has 2 heterocycles. The minimum Gasteiger partial charge on any atom is -0.497 e. The Morgan fingerprint density at radius 1 is 1.53 bits per heavy atom. The normalized spacial score (nSPS) is 20.8. The summed E-state index contributed by atoms with van der Waals surface area (Å²) in [5.74, 6) is 0.901. The van der Waals surface area contributed by atoms with E-state index in [4.69, 9.17) is 9.72 Å². The number of rotatable bonds is 3. The molecule has 1 aromatic heterocycles. The topological polar surface area (TPSA) is 37.4 Å². The fraction of sp³-hybridized carbons (Fsp3) is 0.500. The molecule has 2 aromatic rings. The number of hydrogen-bond acceptors (Lipinski definition) is 5. The smallest absolute Gasteiger partial charge is 0.120 e. The largest absolute Gasteiger partial charge is 0.497 e. The van der Waals surface area contributed by atoms with Crippen molar-refractivity contribution in [2.45, 2.75) is 19.5 Å². The summed E-state index contributed by atoms with van der Waals surface area (Å²) in [6.07, 6.45) is 0. The second-order valence-electron chi connectivity index (χ2n) is 4.96. The van der Waals surface area contributed by atoms with Crippen LogP contribution in [0, 0.1) is 0 Å². The number of benzene rings is 1. The zero-order chi connectivity index (χ0) is 13.2. The highest BCUT2D eigenvalue weighted by molar-refractivity contribution is 7.18. The van der Waals surface area contributed by atoms with E-state index in [9.17, 15) is 0 Å². The number of fused-ring (bicyclic) bond motifs is 1. The van der Waals surface area contributed by atoms with E-state index >= 15 is 0 Å². The fourth-order valence-electron chi connectivity index (χ4n) is 2.44. The highest BCUT2D eigenvalue weighted by Crippen LogP contribution is 2.27. The Balaban J connectivity index is 1.81. The third kappa shape index (κ3) is 2.73. The Morgan fingerprint density at radius 3 is 3.21 bits per heavy atom. The predicted octanol–water partition coefficient (Wildman–Crippen LogP) is 2.10. The number of ether oxygens (including phenoxy) is 1. The molecule has 19 heavy (non-hydrogen) atoms. The molecule has 0 saturated carbocycles. The average molecular weight is 277 g/mol. The molecular weight excluding hydrogens is 258 g/mol. The summed E-state index contributed by atoms with van der Waals surface area (Å²) in [6.45, 7) is 6.45. The molecule has 3 rings (SSSR count). The van der Waals surface area contributed by atoms with Crippen LogP contribution in [0.1, 0.15) is 11.9 Å².